The van der Waals surface area contributed by atoms with E-state index in [1.807, 2.05) is 0 Å². The predicted molar refractivity (Wildman–Crippen MR) is 81.2 cm³/mol. The number of rotatable bonds is 4. The van der Waals surface area contributed by atoms with Crippen LogP contribution in [0.25, 0.3) is 0 Å². The fraction of sp³-hybridized carbons (Fsp3) is 0. The molecule has 0 spiro atoms. The van der Waals surface area contributed by atoms with E-state index in [0.29, 0.717) is 4.47 Å². The minimum Gasteiger partial charge on any atom is -0.478 e. The first kappa shape index (κ1) is 15.7. The molecular weight excluding hydrogens is 384 g/mol. The molecule has 2 aromatic rings. The van der Waals surface area contributed by atoms with Crippen molar-refractivity contribution in [1.29, 1.82) is 0 Å². The maximum Gasteiger partial charge on any atom is 0.337 e. The number of hydrogen-bond acceptors (Lipinski definition) is 4. The zero-order chi connectivity index (χ0) is 15.6. The number of carboxylic acid groups (broad SMARTS) is 1. The van der Waals surface area contributed by atoms with E-state index in [2.05, 4.69) is 25.6 Å². The predicted octanol–water partition coefficient (Wildman–Crippen LogP) is 3.00. The van der Waals surface area contributed by atoms with E-state index in [0.717, 1.165) is 18.3 Å². The van der Waals surface area contributed by atoms with Crippen LogP contribution in [-0.4, -0.2) is 24.5 Å². The maximum absolute atomic E-state index is 12.2. The molecule has 1 heterocycles. The molecule has 1 aromatic heterocycles. The van der Waals surface area contributed by atoms with Gasteiger partial charge in [-0.25, -0.2) is 9.78 Å². The molecule has 0 unspecified atom stereocenters. The Bertz CT molecular complexity index is 793. The first-order valence-electron chi connectivity index (χ1n) is 5.47. The minimum absolute atomic E-state index is 0.102. The van der Waals surface area contributed by atoms with Crippen molar-refractivity contribution in [2.24, 2.45) is 0 Å². The SMILES string of the molecule is O=C(O)c1ccc(S(=O)(=O)Nc2cc(Br)ccc2Cl)nc1. The minimum atomic E-state index is -3.95. The first-order valence-corrected chi connectivity index (χ1v) is 8.12. The van der Waals surface area contributed by atoms with Crippen LogP contribution < -0.4 is 4.72 Å². The van der Waals surface area contributed by atoms with Gasteiger partial charge in [0.1, 0.15) is 0 Å². The van der Waals surface area contributed by atoms with Crippen molar-refractivity contribution < 1.29 is 18.3 Å². The molecule has 2 rings (SSSR count). The Morgan fingerprint density at radius 2 is 2.00 bits per heavy atom. The summed E-state index contributed by atoms with van der Waals surface area (Å²) in [6.07, 6.45) is 0.972. The topological polar surface area (TPSA) is 96.4 Å². The van der Waals surface area contributed by atoms with Gasteiger partial charge in [0.05, 0.1) is 16.3 Å². The van der Waals surface area contributed by atoms with Gasteiger partial charge in [-0.1, -0.05) is 27.5 Å². The van der Waals surface area contributed by atoms with Gasteiger partial charge in [-0.3, -0.25) is 4.72 Å². The van der Waals surface area contributed by atoms with Crippen LogP contribution in [0.5, 0.6) is 0 Å². The molecule has 0 aliphatic heterocycles. The van der Waals surface area contributed by atoms with Crippen molar-refractivity contribution in [2.75, 3.05) is 4.72 Å². The van der Waals surface area contributed by atoms with Gasteiger partial charge in [-0.2, -0.15) is 8.42 Å². The zero-order valence-corrected chi connectivity index (χ0v) is 13.4. The lowest BCUT2D eigenvalue weighted by Crippen LogP contribution is -2.15. The summed E-state index contributed by atoms with van der Waals surface area (Å²) in [5.74, 6) is -1.19. The Labute approximate surface area is 134 Å². The van der Waals surface area contributed by atoms with Gasteiger partial charge in [0.25, 0.3) is 10.0 Å². The number of carbonyl (C=O) groups is 1. The Morgan fingerprint density at radius 1 is 1.29 bits per heavy atom. The summed E-state index contributed by atoms with van der Waals surface area (Å²) in [4.78, 5) is 14.3. The molecule has 0 saturated carbocycles. The maximum atomic E-state index is 12.2. The van der Waals surface area contributed by atoms with Crippen molar-refractivity contribution in [2.45, 2.75) is 5.03 Å². The molecule has 6 nitrogen and oxygen atoms in total. The van der Waals surface area contributed by atoms with Crippen molar-refractivity contribution in [3.05, 3.63) is 51.6 Å². The smallest absolute Gasteiger partial charge is 0.337 e. The van der Waals surface area contributed by atoms with E-state index in [-0.39, 0.29) is 21.3 Å². The lowest BCUT2D eigenvalue weighted by Gasteiger charge is -2.09. The molecule has 9 heteroatoms. The number of nitrogens with zero attached hydrogens (tertiary/aromatic N) is 1. The summed E-state index contributed by atoms with van der Waals surface area (Å²) >= 11 is 9.12. The Morgan fingerprint density at radius 3 is 2.57 bits per heavy atom. The summed E-state index contributed by atoms with van der Waals surface area (Å²) in [6, 6.07) is 6.97. The van der Waals surface area contributed by atoms with E-state index >= 15 is 0 Å². The Kier molecular flexibility index (Phi) is 4.50. The van der Waals surface area contributed by atoms with Crippen LogP contribution in [0.15, 0.2) is 46.0 Å². The average molecular weight is 392 g/mol. The van der Waals surface area contributed by atoms with Gasteiger partial charge in [0.2, 0.25) is 0 Å². The largest absolute Gasteiger partial charge is 0.478 e. The molecule has 110 valence electrons. The van der Waals surface area contributed by atoms with Crippen molar-refractivity contribution in [3.63, 3.8) is 0 Å². The number of aromatic nitrogens is 1. The molecule has 0 atom stereocenters. The van der Waals surface area contributed by atoms with Gasteiger partial charge < -0.3 is 5.11 Å². The third-order valence-corrected chi connectivity index (χ3v) is 4.53. The average Bonchev–Trinajstić information content (AvgIpc) is 2.43. The number of halogens is 2. The van der Waals surface area contributed by atoms with E-state index in [1.165, 1.54) is 12.1 Å². The van der Waals surface area contributed by atoms with Gasteiger partial charge in [-0.15, -0.1) is 0 Å². The summed E-state index contributed by atoms with van der Waals surface area (Å²) in [5, 5.41) is 8.68. The first-order chi connectivity index (χ1) is 9.79. The van der Waals surface area contributed by atoms with Crippen molar-refractivity contribution in [1.82, 2.24) is 4.98 Å². The lowest BCUT2D eigenvalue weighted by molar-refractivity contribution is 0.0696. The van der Waals surface area contributed by atoms with E-state index in [4.69, 9.17) is 16.7 Å². The second-order valence-corrected chi connectivity index (χ2v) is 6.87. The molecule has 0 saturated heterocycles. The molecule has 0 fully saturated rings. The summed E-state index contributed by atoms with van der Waals surface area (Å²) in [5.41, 5.74) is 0.0876. The van der Waals surface area contributed by atoms with Crippen LogP contribution in [0, 0.1) is 0 Å². The number of nitrogens with one attached hydrogen (secondary N) is 1. The van der Waals surface area contributed by atoms with Crippen LogP contribution >= 0.6 is 27.5 Å². The third kappa shape index (κ3) is 3.72. The molecule has 0 aliphatic rings. The summed E-state index contributed by atoms with van der Waals surface area (Å²) < 4.78 is 27.2. The van der Waals surface area contributed by atoms with Crippen LogP contribution in [0.4, 0.5) is 5.69 Å². The Balaban J connectivity index is 2.34. The molecule has 0 radical (unpaired) electrons. The van der Waals surface area contributed by atoms with Crippen molar-refractivity contribution >= 4 is 49.2 Å². The van der Waals surface area contributed by atoms with E-state index < -0.39 is 16.0 Å². The number of sulfonamides is 1. The number of pyridine rings is 1. The van der Waals surface area contributed by atoms with Gasteiger partial charge in [0.15, 0.2) is 5.03 Å². The summed E-state index contributed by atoms with van der Waals surface area (Å²) in [6.45, 7) is 0. The monoisotopic (exact) mass is 390 g/mol. The highest BCUT2D eigenvalue weighted by atomic mass is 79.9. The van der Waals surface area contributed by atoms with Crippen LogP contribution in [0.1, 0.15) is 10.4 Å². The number of carboxylic acids is 1. The van der Waals surface area contributed by atoms with Crippen molar-refractivity contribution in [3.8, 4) is 0 Å². The lowest BCUT2D eigenvalue weighted by atomic mass is 10.3. The molecule has 0 bridgehead atoms. The molecule has 21 heavy (non-hydrogen) atoms. The fourth-order valence-corrected chi connectivity index (χ4v) is 3.02. The van der Waals surface area contributed by atoms with Crippen LogP contribution in [0.2, 0.25) is 5.02 Å². The molecular formula is C12H8BrClN2O4S. The Hall–Kier alpha value is -1.64. The van der Waals surface area contributed by atoms with E-state index in [9.17, 15) is 13.2 Å². The second-order valence-electron chi connectivity index (χ2n) is 3.92. The highest BCUT2D eigenvalue weighted by Crippen LogP contribution is 2.27. The van der Waals surface area contributed by atoms with Crippen LogP contribution in [-0.2, 0) is 10.0 Å². The molecule has 0 aliphatic carbocycles. The molecule has 0 amide bonds. The third-order valence-electron chi connectivity index (χ3n) is 2.43. The van der Waals surface area contributed by atoms with Gasteiger partial charge in [-0.05, 0) is 30.3 Å². The molecule has 2 N–H and O–H groups in total. The van der Waals surface area contributed by atoms with Crippen LogP contribution in [0.3, 0.4) is 0 Å². The normalized spacial score (nSPS) is 11.1. The van der Waals surface area contributed by atoms with Gasteiger partial charge in [0, 0.05) is 10.7 Å². The number of anilines is 1. The fourth-order valence-electron chi connectivity index (χ4n) is 1.44. The number of aromatic carboxylic acids is 1. The van der Waals surface area contributed by atoms with E-state index in [1.54, 1.807) is 6.07 Å². The standard InChI is InChI=1S/C12H8BrClN2O4S/c13-8-2-3-9(14)10(5-8)16-21(19,20)11-4-1-7(6-15-11)12(17)18/h1-6,16H,(H,17,18). The second kappa shape index (κ2) is 6.00. The molecule has 1 aromatic carbocycles. The summed E-state index contributed by atoms with van der Waals surface area (Å²) in [7, 11) is -3.95. The highest BCUT2D eigenvalue weighted by molar-refractivity contribution is 9.10. The van der Waals surface area contributed by atoms with Gasteiger partial charge >= 0.3 is 5.97 Å². The highest BCUT2D eigenvalue weighted by Gasteiger charge is 2.18. The quantitative estimate of drug-likeness (QED) is 0.835. The number of hydrogen-bond donors (Lipinski definition) is 2. The zero-order valence-electron chi connectivity index (χ0n) is 10.2. The number of benzene rings is 1.